The van der Waals surface area contributed by atoms with Gasteiger partial charge in [0, 0.05) is 5.75 Å². The van der Waals surface area contributed by atoms with Crippen molar-refractivity contribution in [2.75, 3.05) is 0 Å². The van der Waals surface area contributed by atoms with Crippen LogP contribution in [0.5, 0.6) is 5.75 Å². The lowest BCUT2D eigenvalue weighted by atomic mass is 10.2. The highest BCUT2D eigenvalue weighted by atomic mass is 32.2. The predicted molar refractivity (Wildman–Crippen MR) is 78.5 cm³/mol. The molecule has 0 saturated heterocycles. The van der Waals surface area contributed by atoms with Gasteiger partial charge in [-0.2, -0.15) is 8.78 Å². The number of hydrogen-bond acceptors (Lipinski definition) is 2. The summed E-state index contributed by atoms with van der Waals surface area (Å²) in [5.41, 5.74) is 2.27. The number of ether oxygens (including phenoxy) is 1. The van der Waals surface area contributed by atoms with E-state index in [2.05, 4.69) is 4.74 Å². The topological polar surface area (TPSA) is 9.23 Å². The summed E-state index contributed by atoms with van der Waals surface area (Å²) >= 11 is 1.51. The molecule has 0 bridgehead atoms. The first kappa shape index (κ1) is 14.9. The Kier molecular flexibility index (Phi) is 5.41. The Morgan fingerprint density at radius 2 is 1.80 bits per heavy atom. The minimum Gasteiger partial charge on any atom is -0.434 e. The van der Waals surface area contributed by atoms with Crippen molar-refractivity contribution in [1.29, 1.82) is 0 Å². The van der Waals surface area contributed by atoms with Gasteiger partial charge in [-0.05, 0) is 29.7 Å². The van der Waals surface area contributed by atoms with Gasteiger partial charge in [0.1, 0.15) is 5.75 Å². The largest absolute Gasteiger partial charge is 0.434 e. The molecular weight excluding hydrogens is 278 g/mol. The number of alkyl halides is 2. The van der Waals surface area contributed by atoms with Crippen LogP contribution in [0.4, 0.5) is 8.78 Å². The van der Waals surface area contributed by atoms with Crippen molar-refractivity contribution in [2.24, 2.45) is 0 Å². The third-order valence-corrected chi connectivity index (χ3v) is 3.98. The van der Waals surface area contributed by atoms with E-state index in [4.69, 9.17) is 0 Å². The number of hydrogen-bond donors (Lipinski definition) is 0. The molecular formula is C16H16F2OS. The van der Waals surface area contributed by atoms with Gasteiger partial charge in [-0.25, -0.2) is 0 Å². The SMILES string of the molecule is CCc1ccc(OC(F)F)c(SCc2ccccc2)c1. The molecule has 0 aliphatic rings. The first-order valence-corrected chi connectivity index (χ1v) is 7.42. The van der Waals surface area contributed by atoms with Gasteiger partial charge in [-0.3, -0.25) is 0 Å². The van der Waals surface area contributed by atoms with Gasteiger partial charge in [0.05, 0.1) is 4.90 Å². The monoisotopic (exact) mass is 294 g/mol. The molecule has 1 nitrogen and oxygen atoms in total. The van der Waals surface area contributed by atoms with Gasteiger partial charge in [0.15, 0.2) is 0 Å². The molecule has 2 rings (SSSR count). The van der Waals surface area contributed by atoms with E-state index in [1.807, 2.05) is 49.4 Å². The lowest BCUT2D eigenvalue weighted by Gasteiger charge is -2.12. The first-order chi connectivity index (χ1) is 9.69. The van der Waals surface area contributed by atoms with Crippen LogP contribution in [0.3, 0.4) is 0 Å². The molecule has 4 heteroatoms. The van der Waals surface area contributed by atoms with Crippen LogP contribution >= 0.6 is 11.8 Å². The van der Waals surface area contributed by atoms with Gasteiger partial charge in [0.25, 0.3) is 0 Å². The van der Waals surface area contributed by atoms with Crippen LogP contribution < -0.4 is 4.74 Å². The Morgan fingerprint density at radius 1 is 1.05 bits per heavy atom. The smallest absolute Gasteiger partial charge is 0.387 e. The minimum absolute atomic E-state index is 0.248. The summed E-state index contributed by atoms with van der Waals surface area (Å²) in [6.07, 6.45) is 0.869. The van der Waals surface area contributed by atoms with Gasteiger partial charge >= 0.3 is 6.61 Å². The summed E-state index contributed by atoms with van der Waals surface area (Å²) in [5.74, 6) is 0.978. The molecule has 0 saturated carbocycles. The van der Waals surface area contributed by atoms with E-state index in [1.54, 1.807) is 6.07 Å². The second-order valence-electron chi connectivity index (χ2n) is 4.29. The zero-order valence-corrected chi connectivity index (χ0v) is 12.0. The zero-order valence-electron chi connectivity index (χ0n) is 11.2. The fraction of sp³-hybridized carbons (Fsp3) is 0.250. The molecule has 0 heterocycles. The van der Waals surface area contributed by atoms with Crippen LogP contribution in [0.1, 0.15) is 18.1 Å². The maximum atomic E-state index is 12.4. The maximum Gasteiger partial charge on any atom is 0.387 e. The summed E-state index contributed by atoms with van der Waals surface area (Å²) in [4.78, 5) is 0.758. The molecule has 2 aromatic carbocycles. The molecule has 0 atom stereocenters. The minimum atomic E-state index is -2.79. The van der Waals surface area contributed by atoms with E-state index in [0.717, 1.165) is 28.2 Å². The maximum absolute atomic E-state index is 12.4. The van der Waals surface area contributed by atoms with E-state index >= 15 is 0 Å². The number of thioether (sulfide) groups is 1. The molecule has 0 unspecified atom stereocenters. The van der Waals surface area contributed by atoms with Crippen molar-refractivity contribution >= 4 is 11.8 Å². The fourth-order valence-electron chi connectivity index (χ4n) is 1.81. The number of rotatable bonds is 6. The average Bonchev–Trinajstić information content (AvgIpc) is 2.47. The van der Waals surface area contributed by atoms with Crippen LogP contribution in [0.15, 0.2) is 53.4 Å². The van der Waals surface area contributed by atoms with Gasteiger partial charge in [0.2, 0.25) is 0 Å². The van der Waals surface area contributed by atoms with Crippen molar-refractivity contribution in [3.8, 4) is 5.75 Å². The summed E-state index contributed by atoms with van der Waals surface area (Å²) in [6, 6.07) is 15.3. The van der Waals surface area contributed by atoms with E-state index < -0.39 is 6.61 Å². The standard InChI is InChI=1S/C16H16F2OS/c1-2-12-8-9-14(19-16(17)18)15(10-12)20-11-13-6-4-3-5-7-13/h3-10,16H,2,11H2,1H3. The number of halogens is 2. The molecule has 20 heavy (non-hydrogen) atoms. The van der Waals surface area contributed by atoms with Crippen molar-refractivity contribution in [3.63, 3.8) is 0 Å². The molecule has 0 aliphatic heterocycles. The van der Waals surface area contributed by atoms with Crippen LogP contribution in [0, 0.1) is 0 Å². The molecule has 106 valence electrons. The van der Waals surface area contributed by atoms with Crippen LogP contribution in [-0.2, 0) is 12.2 Å². The Morgan fingerprint density at radius 3 is 2.45 bits per heavy atom. The molecule has 0 aliphatic carbocycles. The first-order valence-electron chi connectivity index (χ1n) is 6.43. The quantitative estimate of drug-likeness (QED) is 0.682. The summed E-state index contributed by atoms with van der Waals surface area (Å²) in [7, 11) is 0. The molecule has 0 fully saturated rings. The Balaban J connectivity index is 2.15. The third-order valence-electron chi connectivity index (χ3n) is 2.87. The molecule has 0 spiro atoms. The van der Waals surface area contributed by atoms with Crippen molar-refractivity contribution < 1.29 is 13.5 Å². The highest BCUT2D eigenvalue weighted by molar-refractivity contribution is 7.98. The van der Waals surface area contributed by atoms with Crippen molar-refractivity contribution in [1.82, 2.24) is 0 Å². The predicted octanol–water partition coefficient (Wildman–Crippen LogP) is 5.14. The summed E-state index contributed by atoms with van der Waals surface area (Å²) in [5, 5.41) is 0. The van der Waals surface area contributed by atoms with Crippen molar-refractivity contribution in [3.05, 3.63) is 59.7 Å². The highest BCUT2D eigenvalue weighted by Gasteiger charge is 2.11. The Labute approximate surface area is 122 Å². The van der Waals surface area contributed by atoms with Crippen LogP contribution in [0.2, 0.25) is 0 Å². The average molecular weight is 294 g/mol. The van der Waals surface area contributed by atoms with Gasteiger partial charge < -0.3 is 4.74 Å². The summed E-state index contributed by atoms with van der Waals surface area (Å²) < 4.78 is 29.4. The molecule has 0 radical (unpaired) electrons. The van der Waals surface area contributed by atoms with Crippen molar-refractivity contribution in [2.45, 2.75) is 30.6 Å². The van der Waals surface area contributed by atoms with E-state index in [0.29, 0.717) is 0 Å². The fourth-order valence-corrected chi connectivity index (χ4v) is 2.82. The zero-order chi connectivity index (χ0) is 14.4. The van der Waals surface area contributed by atoms with E-state index in [9.17, 15) is 8.78 Å². The lowest BCUT2D eigenvalue weighted by molar-refractivity contribution is -0.0516. The molecule has 0 amide bonds. The van der Waals surface area contributed by atoms with Gasteiger partial charge in [-0.15, -0.1) is 11.8 Å². The van der Waals surface area contributed by atoms with E-state index in [-0.39, 0.29) is 5.75 Å². The molecule has 0 aromatic heterocycles. The number of benzene rings is 2. The second kappa shape index (κ2) is 7.29. The molecule has 0 N–H and O–H groups in total. The van der Waals surface area contributed by atoms with Gasteiger partial charge in [-0.1, -0.05) is 43.3 Å². The summed E-state index contributed by atoms with van der Waals surface area (Å²) in [6.45, 7) is -0.757. The normalized spacial score (nSPS) is 10.8. The Hall–Kier alpha value is -1.55. The molecule has 2 aromatic rings. The Bertz CT molecular complexity index is 543. The lowest BCUT2D eigenvalue weighted by Crippen LogP contribution is -2.03. The van der Waals surface area contributed by atoms with Crippen LogP contribution in [-0.4, -0.2) is 6.61 Å². The second-order valence-corrected chi connectivity index (χ2v) is 5.30. The van der Waals surface area contributed by atoms with E-state index in [1.165, 1.54) is 11.8 Å². The third kappa shape index (κ3) is 4.23. The highest BCUT2D eigenvalue weighted by Crippen LogP contribution is 2.33. The number of aryl methyl sites for hydroxylation is 1. The van der Waals surface area contributed by atoms with Crippen LogP contribution in [0.25, 0.3) is 0 Å².